The van der Waals surface area contributed by atoms with Crippen LogP contribution in [0, 0.1) is 5.41 Å². The van der Waals surface area contributed by atoms with E-state index in [1.54, 1.807) is 0 Å². The summed E-state index contributed by atoms with van der Waals surface area (Å²) in [6.07, 6.45) is -0.0915. The van der Waals surface area contributed by atoms with E-state index in [4.69, 9.17) is 15.2 Å². The van der Waals surface area contributed by atoms with Crippen LogP contribution in [0.25, 0.3) is 11.1 Å². The van der Waals surface area contributed by atoms with Gasteiger partial charge in [-0.1, -0.05) is 50.2 Å². The molecule has 0 aromatic heterocycles. The Kier molecular flexibility index (Phi) is 4.46. The van der Waals surface area contributed by atoms with Crippen LogP contribution in [-0.2, 0) is 11.2 Å². The summed E-state index contributed by atoms with van der Waals surface area (Å²) in [5.74, 6) is 0.875. The molecule has 0 spiro atoms. The van der Waals surface area contributed by atoms with E-state index < -0.39 is 6.09 Å². The van der Waals surface area contributed by atoms with E-state index in [9.17, 15) is 4.79 Å². The molecule has 2 N–H and O–H groups in total. The SMILES string of the molecule is CC(C)Oc1ccccc1-c1ccc2c(c1)CC(C)(C)C2OC(N)=O. The summed E-state index contributed by atoms with van der Waals surface area (Å²) in [6, 6.07) is 14.3. The number of carbonyl (C=O) groups excluding carboxylic acids is 1. The maximum absolute atomic E-state index is 11.3. The molecule has 0 saturated carbocycles. The number of para-hydroxylation sites is 1. The Morgan fingerprint density at radius 3 is 2.60 bits per heavy atom. The average molecular weight is 339 g/mol. The highest BCUT2D eigenvalue weighted by molar-refractivity contribution is 5.72. The molecule has 2 aromatic carbocycles. The van der Waals surface area contributed by atoms with Crippen molar-refractivity contribution in [1.82, 2.24) is 0 Å². The lowest BCUT2D eigenvalue weighted by atomic mass is 9.87. The standard InChI is InChI=1S/C21H25NO3/c1-13(2)24-18-8-6-5-7-16(18)14-9-10-17-15(11-14)12-21(3,4)19(17)25-20(22)23/h5-11,13,19H,12H2,1-4H3,(H2,22,23). The van der Waals surface area contributed by atoms with Crippen LogP contribution < -0.4 is 10.5 Å². The Labute approximate surface area is 148 Å². The molecule has 4 nitrogen and oxygen atoms in total. The largest absolute Gasteiger partial charge is 0.490 e. The summed E-state index contributed by atoms with van der Waals surface area (Å²) in [5, 5.41) is 0. The van der Waals surface area contributed by atoms with E-state index in [0.29, 0.717) is 0 Å². The Hall–Kier alpha value is -2.49. The first kappa shape index (κ1) is 17.3. The van der Waals surface area contributed by atoms with E-state index >= 15 is 0 Å². The maximum Gasteiger partial charge on any atom is 0.405 e. The molecule has 3 rings (SSSR count). The van der Waals surface area contributed by atoms with Crippen molar-refractivity contribution in [2.75, 3.05) is 0 Å². The second-order valence-corrected chi connectivity index (χ2v) is 7.56. The van der Waals surface area contributed by atoms with Crippen LogP contribution in [-0.4, -0.2) is 12.2 Å². The van der Waals surface area contributed by atoms with E-state index in [-0.39, 0.29) is 17.6 Å². The third kappa shape index (κ3) is 3.48. The molecule has 0 saturated heterocycles. The summed E-state index contributed by atoms with van der Waals surface area (Å²) in [6.45, 7) is 8.23. The summed E-state index contributed by atoms with van der Waals surface area (Å²) < 4.78 is 11.3. The first-order chi connectivity index (χ1) is 11.8. The Balaban J connectivity index is 2.00. The number of rotatable bonds is 4. The lowest BCUT2D eigenvalue weighted by molar-refractivity contribution is 0.0392. The van der Waals surface area contributed by atoms with Crippen LogP contribution in [0.3, 0.4) is 0 Å². The lowest BCUT2D eigenvalue weighted by Gasteiger charge is -2.26. The quantitative estimate of drug-likeness (QED) is 0.865. The van der Waals surface area contributed by atoms with Gasteiger partial charge in [-0.2, -0.15) is 0 Å². The minimum atomic E-state index is -0.731. The zero-order chi connectivity index (χ0) is 18.2. The molecule has 1 atom stereocenters. The lowest BCUT2D eigenvalue weighted by Crippen LogP contribution is -2.25. The smallest absolute Gasteiger partial charge is 0.405 e. The van der Waals surface area contributed by atoms with Gasteiger partial charge in [0.2, 0.25) is 0 Å². The van der Waals surface area contributed by atoms with Gasteiger partial charge < -0.3 is 15.2 Å². The van der Waals surface area contributed by atoms with Crippen molar-refractivity contribution in [2.45, 2.75) is 46.3 Å². The number of hydrogen-bond acceptors (Lipinski definition) is 3. The van der Waals surface area contributed by atoms with Crippen molar-refractivity contribution in [3.8, 4) is 16.9 Å². The fraction of sp³-hybridized carbons (Fsp3) is 0.381. The second-order valence-electron chi connectivity index (χ2n) is 7.56. The van der Waals surface area contributed by atoms with Crippen LogP contribution >= 0.6 is 0 Å². The first-order valence-corrected chi connectivity index (χ1v) is 8.63. The fourth-order valence-corrected chi connectivity index (χ4v) is 3.59. The van der Waals surface area contributed by atoms with Crippen molar-refractivity contribution >= 4 is 6.09 Å². The fourth-order valence-electron chi connectivity index (χ4n) is 3.59. The maximum atomic E-state index is 11.3. The molecule has 1 unspecified atom stereocenters. The van der Waals surface area contributed by atoms with Gasteiger partial charge >= 0.3 is 6.09 Å². The molecule has 132 valence electrons. The normalized spacial score (nSPS) is 18.0. The predicted molar refractivity (Wildman–Crippen MR) is 98.5 cm³/mol. The van der Waals surface area contributed by atoms with Gasteiger partial charge in [0.1, 0.15) is 11.9 Å². The van der Waals surface area contributed by atoms with E-state index in [1.807, 2.05) is 38.1 Å². The average Bonchev–Trinajstić information content (AvgIpc) is 2.76. The van der Waals surface area contributed by atoms with Gasteiger partial charge in [0.15, 0.2) is 0 Å². The van der Waals surface area contributed by atoms with Gasteiger partial charge in [-0.05, 0) is 43.0 Å². The highest BCUT2D eigenvalue weighted by Crippen LogP contribution is 2.48. The molecule has 0 bridgehead atoms. The van der Waals surface area contributed by atoms with Gasteiger partial charge in [0.25, 0.3) is 0 Å². The summed E-state index contributed by atoms with van der Waals surface area (Å²) >= 11 is 0. The number of carbonyl (C=O) groups is 1. The van der Waals surface area contributed by atoms with Gasteiger partial charge in [-0.25, -0.2) is 4.79 Å². The number of fused-ring (bicyclic) bond motifs is 1. The zero-order valence-electron chi connectivity index (χ0n) is 15.2. The molecule has 0 heterocycles. The molecule has 2 aromatic rings. The molecule has 1 aliphatic rings. The molecule has 25 heavy (non-hydrogen) atoms. The van der Waals surface area contributed by atoms with Crippen molar-refractivity contribution < 1.29 is 14.3 Å². The van der Waals surface area contributed by atoms with E-state index in [0.717, 1.165) is 28.9 Å². The third-order valence-electron chi connectivity index (χ3n) is 4.58. The minimum Gasteiger partial charge on any atom is -0.490 e. The molecule has 0 aliphatic heterocycles. The predicted octanol–water partition coefficient (Wildman–Crippen LogP) is 4.86. The monoisotopic (exact) mass is 339 g/mol. The number of amides is 1. The Morgan fingerprint density at radius 1 is 1.20 bits per heavy atom. The number of hydrogen-bond donors (Lipinski definition) is 1. The topological polar surface area (TPSA) is 61.6 Å². The van der Waals surface area contributed by atoms with E-state index in [1.165, 1.54) is 5.56 Å². The van der Waals surface area contributed by atoms with Gasteiger partial charge in [0.05, 0.1) is 6.10 Å². The van der Waals surface area contributed by atoms with Gasteiger partial charge in [-0.15, -0.1) is 0 Å². The summed E-state index contributed by atoms with van der Waals surface area (Å²) in [4.78, 5) is 11.3. The molecule has 0 radical (unpaired) electrons. The summed E-state index contributed by atoms with van der Waals surface area (Å²) in [5.41, 5.74) is 9.48. The number of primary amides is 1. The van der Waals surface area contributed by atoms with Crippen LogP contribution in [0.15, 0.2) is 42.5 Å². The van der Waals surface area contributed by atoms with E-state index in [2.05, 4.69) is 32.0 Å². The summed E-state index contributed by atoms with van der Waals surface area (Å²) in [7, 11) is 0. The number of ether oxygens (including phenoxy) is 2. The Morgan fingerprint density at radius 2 is 1.92 bits per heavy atom. The molecular weight excluding hydrogens is 314 g/mol. The van der Waals surface area contributed by atoms with Crippen molar-refractivity contribution in [2.24, 2.45) is 11.1 Å². The molecular formula is C21H25NO3. The Bertz CT molecular complexity index is 795. The first-order valence-electron chi connectivity index (χ1n) is 8.63. The molecule has 1 aliphatic carbocycles. The molecule has 1 amide bonds. The van der Waals surface area contributed by atoms with Crippen LogP contribution in [0.2, 0.25) is 0 Å². The number of benzene rings is 2. The highest BCUT2D eigenvalue weighted by atomic mass is 16.6. The van der Waals surface area contributed by atoms with Crippen LogP contribution in [0.4, 0.5) is 4.79 Å². The van der Waals surface area contributed by atoms with Crippen molar-refractivity contribution in [1.29, 1.82) is 0 Å². The third-order valence-corrected chi connectivity index (χ3v) is 4.58. The number of nitrogens with two attached hydrogens (primary N) is 1. The van der Waals surface area contributed by atoms with Crippen molar-refractivity contribution in [3.05, 3.63) is 53.6 Å². The second kappa shape index (κ2) is 6.43. The van der Waals surface area contributed by atoms with Crippen LogP contribution in [0.5, 0.6) is 5.75 Å². The molecule has 0 fully saturated rings. The zero-order valence-corrected chi connectivity index (χ0v) is 15.2. The molecule has 4 heteroatoms. The van der Waals surface area contributed by atoms with Crippen molar-refractivity contribution in [3.63, 3.8) is 0 Å². The highest BCUT2D eigenvalue weighted by Gasteiger charge is 2.41. The minimum absolute atomic E-state index is 0.114. The van der Waals surface area contributed by atoms with Gasteiger partial charge in [-0.3, -0.25) is 0 Å². The van der Waals surface area contributed by atoms with Crippen LogP contribution in [0.1, 0.15) is 44.9 Å². The van der Waals surface area contributed by atoms with Gasteiger partial charge in [0, 0.05) is 11.0 Å².